The molecule has 6 heteroatoms. The highest BCUT2D eigenvalue weighted by Gasteiger charge is 2.24. The fourth-order valence-corrected chi connectivity index (χ4v) is 1.42. The summed E-state index contributed by atoms with van der Waals surface area (Å²) < 4.78 is 5.46. The van der Waals surface area contributed by atoms with E-state index in [2.05, 4.69) is 0 Å². The average Bonchev–Trinajstić information content (AvgIpc) is 2.37. The monoisotopic (exact) mass is 269 g/mol. The fraction of sp³-hybridized carbons (Fsp3) is 0.462. The lowest BCUT2D eigenvalue weighted by Gasteiger charge is -2.15. The summed E-state index contributed by atoms with van der Waals surface area (Å²) in [5.74, 6) is -0.832. The van der Waals surface area contributed by atoms with Gasteiger partial charge in [0, 0.05) is 6.54 Å². The summed E-state index contributed by atoms with van der Waals surface area (Å²) in [6.07, 6.45) is -3.28. The van der Waals surface area contributed by atoms with Crippen molar-refractivity contribution in [2.75, 3.05) is 27.2 Å². The van der Waals surface area contributed by atoms with E-state index in [4.69, 9.17) is 9.84 Å². The molecule has 0 saturated carbocycles. The number of nitrogens with zero attached hydrogens (tertiary/aromatic N) is 1. The second kappa shape index (κ2) is 7.08. The number of benzene rings is 1. The average molecular weight is 269 g/mol. The highest BCUT2D eigenvalue weighted by atomic mass is 16.5. The minimum atomic E-state index is -1.83. The Balaban J connectivity index is 2.58. The number of rotatable bonds is 7. The van der Waals surface area contributed by atoms with Gasteiger partial charge < -0.3 is 25.0 Å². The number of hydrogen-bond acceptors (Lipinski definition) is 5. The van der Waals surface area contributed by atoms with Crippen LogP contribution in [0.1, 0.15) is 11.7 Å². The lowest BCUT2D eigenvalue weighted by atomic mass is 10.0. The Kier molecular flexibility index (Phi) is 5.75. The quantitative estimate of drug-likeness (QED) is 0.650. The molecular weight excluding hydrogens is 250 g/mol. The molecule has 0 amide bonds. The number of aliphatic hydroxyl groups is 2. The number of carboxylic acid groups (broad SMARTS) is 1. The van der Waals surface area contributed by atoms with Crippen LogP contribution in [0.5, 0.6) is 5.75 Å². The third-order valence-electron chi connectivity index (χ3n) is 2.58. The normalized spacial score (nSPS) is 14.2. The number of carbonyl (C=O) groups is 1. The largest absolute Gasteiger partial charge is 0.492 e. The van der Waals surface area contributed by atoms with E-state index in [1.165, 1.54) is 12.1 Å². The summed E-state index contributed by atoms with van der Waals surface area (Å²) in [7, 11) is 3.88. The Morgan fingerprint density at radius 1 is 1.26 bits per heavy atom. The van der Waals surface area contributed by atoms with E-state index in [9.17, 15) is 15.0 Å². The molecule has 3 N–H and O–H groups in total. The lowest BCUT2D eigenvalue weighted by Crippen LogP contribution is -2.27. The first kappa shape index (κ1) is 15.4. The first-order chi connectivity index (χ1) is 8.91. The zero-order valence-electron chi connectivity index (χ0n) is 11.0. The van der Waals surface area contributed by atoms with Gasteiger partial charge in [-0.05, 0) is 31.8 Å². The molecule has 0 aliphatic heterocycles. The maximum Gasteiger partial charge on any atom is 0.335 e. The van der Waals surface area contributed by atoms with Crippen molar-refractivity contribution in [3.63, 3.8) is 0 Å². The van der Waals surface area contributed by atoms with Crippen molar-refractivity contribution in [2.45, 2.75) is 12.2 Å². The van der Waals surface area contributed by atoms with Gasteiger partial charge in [-0.25, -0.2) is 4.79 Å². The van der Waals surface area contributed by atoms with Crippen LogP contribution in [-0.2, 0) is 4.79 Å². The Labute approximate surface area is 111 Å². The summed E-state index contributed by atoms with van der Waals surface area (Å²) >= 11 is 0. The first-order valence-corrected chi connectivity index (χ1v) is 5.88. The van der Waals surface area contributed by atoms with Crippen LogP contribution in [0, 0.1) is 0 Å². The highest BCUT2D eigenvalue weighted by molar-refractivity contribution is 5.73. The van der Waals surface area contributed by atoms with Crippen molar-refractivity contribution in [3.05, 3.63) is 29.8 Å². The Hall–Kier alpha value is -1.63. The van der Waals surface area contributed by atoms with Gasteiger partial charge in [0.15, 0.2) is 6.10 Å². The van der Waals surface area contributed by atoms with Gasteiger partial charge in [-0.2, -0.15) is 0 Å². The van der Waals surface area contributed by atoms with Gasteiger partial charge in [0.25, 0.3) is 0 Å². The van der Waals surface area contributed by atoms with Gasteiger partial charge in [0.05, 0.1) is 0 Å². The third-order valence-corrected chi connectivity index (χ3v) is 2.58. The number of aliphatic hydroxyl groups excluding tert-OH is 2. The lowest BCUT2D eigenvalue weighted by molar-refractivity contribution is -0.153. The van der Waals surface area contributed by atoms with E-state index in [1.54, 1.807) is 12.1 Å². The number of ether oxygens (including phenoxy) is 1. The van der Waals surface area contributed by atoms with Crippen LogP contribution in [0.3, 0.4) is 0 Å². The fourth-order valence-electron chi connectivity index (χ4n) is 1.42. The number of carboxylic acids is 1. The molecule has 0 aromatic heterocycles. The molecule has 0 spiro atoms. The predicted molar refractivity (Wildman–Crippen MR) is 69.1 cm³/mol. The molecule has 0 radical (unpaired) electrons. The molecule has 1 rings (SSSR count). The molecule has 0 saturated heterocycles. The number of likely N-dealkylation sites (N-methyl/N-ethyl adjacent to an activating group) is 1. The topological polar surface area (TPSA) is 90.2 Å². The van der Waals surface area contributed by atoms with E-state index < -0.39 is 18.2 Å². The van der Waals surface area contributed by atoms with Crippen LogP contribution in [0.4, 0.5) is 0 Å². The van der Waals surface area contributed by atoms with Crippen molar-refractivity contribution in [2.24, 2.45) is 0 Å². The highest BCUT2D eigenvalue weighted by Crippen LogP contribution is 2.20. The molecule has 1 aromatic rings. The minimum absolute atomic E-state index is 0.329. The minimum Gasteiger partial charge on any atom is -0.492 e. The van der Waals surface area contributed by atoms with Crippen LogP contribution in [0.15, 0.2) is 24.3 Å². The molecular formula is C13H19NO5. The van der Waals surface area contributed by atoms with Crippen molar-refractivity contribution in [3.8, 4) is 5.75 Å². The van der Waals surface area contributed by atoms with E-state index in [1.807, 2.05) is 19.0 Å². The van der Waals surface area contributed by atoms with E-state index >= 15 is 0 Å². The molecule has 19 heavy (non-hydrogen) atoms. The number of hydrogen-bond donors (Lipinski definition) is 3. The van der Waals surface area contributed by atoms with Gasteiger partial charge >= 0.3 is 5.97 Å². The van der Waals surface area contributed by atoms with E-state index in [0.717, 1.165) is 6.54 Å². The maximum atomic E-state index is 10.5. The molecule has 0 aliphatic carbocycles. The molecule has 0 heterocycles. The van der Waals surface area contributed by atoms with E-state index in [-0.39, 0.29) is 0 Å². The molecule has 2 atom stereocenters. The summed E-state index contributed by atoms with van der Waals surface area (Å²) in [6.45, 7) is 1.31. The van der Waals surface area contributed by atoms with Crippen molar-refractivity contribution in [1.82, 2.24) is 4.90 Å². The van der Waals surface area contributed by atoms with Crippen molar-refractivity contribution in [1.29, 1.82) is 0 Å². The standard InChI is InChI=1S/C13H19NO5/c1-14(2)7-8-19-10-5-3-9(4-6-10)11(15)12(16)13(17)18/h3-6,11-12,15-16H,7-8H2,1-2H3,(H,17,18). The summed E-state index contributed by atoms with van der Waals surface area (Å²) in [4.78, 5) is 12.5. The van der Waals surface area contributed by atoms with Crippen molar-refractivity contribution >= 4 is 5.97 Å². The van der Waals surface area contributed by atoms with Crippen LogP contribution < -0.4 is 4.74 Å². The number of aliphatic carboxylic acids is 1. The smallest absolute Gasteiger partial charge is 0.335 e. The zero-order valence-corrected chi connectivity index (χ0v) is 11.0. The molecule has 2 unspecified atom stereocenters. The molecule has 1 aromatic carbocycles. The van der Waals surface area contributed by atoms with Gasteiger partial charge in [-0.15, -0.1) is 0 Å². The Bertz CT molecular complexity index is 404. The second-order valence-corrected chi connectivity index (χ2v) is 4.45. The van der Waals surface area contributed by atoms with Crippen LogP contribution in [-0.4, -0.2) is 59.5 Å². The van der Waals surface area contributed by atoms with Crippen LogP contribution >= 0.6 is 0 Å². The molecule has 0 bridgehead atoms. The third kappa shape index (κ3) is 4.86. The van der Waals surface area contributed by atoms with Crippen LogP contribution in [0.25, 0.3) is 0 Å². The van der Waals surface area contributed by atoms with Crippen molar-refractivity contribution < 1.29 is 24.9 Å². The predicted octanol–water partition coefficient (Wildman–Crippen LogP) is 0.106. The molecule has 0 fully saturated rings. The second-order valence-electron chi connectivity index (χ2n) is 4.45. The van der Waals surface area contributed by atoms with Gasteiger partial charge in [-0.3, -0.25) is 0 Å². The zero-order chi connectivity index (χ0) is 14.4. The Morgan fingerprint density at radius 3 is 2.32 bits per heavy atom. The van der Waals surface area contributed by atoms with Gasteiger partial charge in [0.2, 0.25) is 0 Å². The maximum absolute atomic E-state index is 10.5. The molecule has 6 nitrogen and oxygen atoms in total. The summed E-state index contributed by atoms with van der Waals surface area (Å²) in [5.41, 5.74) is 0.329. The SMILES string of the molecule is CN(C)CCOc1ccc(C(O)C(O)C(=O)O)cc1. The van der Waals surface area contributed by atoms with Gasteiger partial charge in [-0.1, -0.05) is 12.1 Å². The molecule has 106 valence electrons. The first-order valence-electron chi connectivity index (χ1n) is 5.88. The summed E-state index contributed by atoms with van der Waals surface area (Å²) in [6, 6.07) is 6.31. The molecule has 0 aliphatic rings. The van der Waals surface area contributed by atoms with Crippen LogP contribution in [0.2, 0.25) is 0 Å². The Morgan fingerprint density at radius 2 is 1.84 bits per heavy atom. The van der Waals surface area contributed by atoms with E-state index in [0.29, 0.717) is 17.9 Å². The summed E-state index contributed by atoms with van der Waals surface area (Å²) in [5, 5.41) is 27.5. The van der Waals surface area contributed by atoms with Gasteiger partial charge in [0.1, 0.15) is 18.5 Å².